The van der Waals surface area contributed by atoms with Crippen LogP contribution in [0.2, 0.25) is 0 Å². The molecule has 2 heterocycles. The number of hydrogen-bond donors (Lipinski definition) is 2. The Hall–Kier alpha value is -2.36. The van der Waals surface area contributed by atoms with Gasteiger partial charge < -0.3 is 15.0 Å². The maximum Gasteiger partial charge on any atom is 0.490 e. The third-order valence-corrected chi connectivity index (χ3v) is 4.12. The van der Waals surface area contributed by atoms with Crippen molar-refractivity contribution >= 4 is 34.5 Å². The highest BCUT2D eigenvalue weighted by atomic mass is 35.5. The fourth-order valence-corrected chi connectivity index (χ4v) is 2.87. The van der Waals surface area contributed by atoms with Gasteiger partial charge in [0.2, 0.25) is 0 Å². The normalized spacial score (nSPS) is 18.1. The molecule has 2 aromatic rings. The average molecular weight is 410 g/mol. The van der Waals surface area contributed by atoms with Gasteiger partial charge in [0.25, 0.3) is 11.5 Å². The first-order valence-electron chi connectivity index (χ1n) is 7.85. The first-order valence-corrected chi connectivity index (χ1v) is 8.29. The summed E-state index contributed by atoms with van der Waals surface area (Å²) in [5, 5.41) is 7.12. The van der Waals surface area contributed by atoms with Gasteiger partial charge in [-0.25, -0.2) is 14.2 Å². The number of likely N-dealkylation sites (tertiary alicyclic amines) is 1. The molecule has 0 saturated carbocycles. The second kappa shape index (κ2) is 8.12. The highest BCUT2D eigenvalue weighted by Crippen LogP contribution is 2.32. The summed E-state index contributed by atoms with van der Waals surface area (Å²) in [5.41, 5.74) is 0.938. The smallest absolute Gasteiger partial charge is 0.475 e. The van der Waals surface area contributed by atoms with Crippen molar-refractivity contribution in [1.82, 2.24) is 14.9 Å². The molecule has 1 amide bonds. The first kappa shape index (κ1) is 20.9. The number of nitrogens with zero attached hydrogens (tertiary/aromatic N) is 2. The van der Waals surface area contributed by atoms with Crippen molar-refractivity contribution in [2.24, 2.45) is 0 Å². The van der Waals surface area contributed by atoms with Crippen LogP contribution >= 0.6 is 11.6 Å². The number of aromatic amines is 1. The standard InChI is InChI=1S/C14H15ClFN3O.C2HF3O2/c1-8-4-5-9-10(7-8)18-13(17-9)11-3-2-6-19(11)14(20)12(15)16;3-2(4,5)1(6)7/h4-5,7,11-12H,2-3,6H2,1H3,(H,17,18);(H,6,7). The van der Waals surface area contributed by atoms with E-state index in [-0.39, 0.29) is 6.04 Å². The fourth-order valence-electron chi connectivity index (χ4n) is 2.74. The molecule has 3 rings (SSSR count). The number of alkyl halides is 5. The van der Waals surface area contributed by atoms with Crippen molar-refractivity contribution in [2.45, 2.75) is 37.6 Å². The zero-order valence-corrected chi connectivity index (χ0v) is 14.8. The zero-order chi connectivity index (χ0) is 20.4. The van der Waals surface area contributed by atoms with Crippen LogP contribution < -0.4 is 0 Å². The molecular weight excluding hydrogens is 394 g/mol. The van der Waals surface area contributed by atoms with E-state index in [9.17, 15) is 22.4 Å². The molecule has 1 fully saturated rings. The van der Waals surface area contributed by atoms with E-state index in [1.54, 1.807) is 0 Å². The first-order chi connectivity index (χ1) is 12.5. The minimum Gasteiger partial charge on any atom is -0.475 e. The predicted octanol–water partition coefficient (Wildman–Crippen LogP) is 3.70. The number of halogens is 5. The molecular formula is C16H16ClF4N3O3. The van der Waals surface area contributed by atoms with Crippen molar-refractivity contribution in [3.63, 3.8) is 0 Å². The van der Waals surface area contributed by atoms with Gasteiger partial charge in [0.15, 0.2) is 0 Å². The van der Waals surface area contributed by atoms with Crippen LogP contribution in [0.5, 0.6) is 0 Å². The molecule has 0 bridgehead atoms. The third-order valence-electron chi connectivity index (χ3n) is 3.94. The fraction of sp³-hybridized carbons (Fsp3) is 0.438. The van der Waals surface area contributed by atoms with Crippen LogP contribution in [0.25, 0.3) is 11.0 Å². The SMILES string of the molecule is Cc1ccc2nc(C3CCCN3C(=O)C(F)Cl)[nH]c2c1.O=C(O)C(F)(F)F. The summed E-state index contributed by atoms with van der Waals surface area (Å²) < 4.78 is 44.8. The van der Waals surface area contributed by atoms with E-state index in [2.05, 4.69) is 9.97 Å². The molecule has 11 heteroatoms. The van der Waals surface area contributed by atoms with E-state index in [0.29, 0.717) is 12.4 Å². The van der Waals surface area contributed by atoms with Crippen LogP contribution in [-0.2, 0) is 9.59 Å². The number of carbonyl (C=O) groups excluding carboxylic acids is 1. The lowest BCUT2D eigenvalue weighted by Gasteiger charge is -2.23. The largest absolute Gasteiger partial charge is 0.490 e. The summed E-state index contributed by atoms with van der Waals surface area (Å²) in [6.45, 7) is 2.53. The second-order valence-electron chi connectivity index (χ2n) is 5.94. The number of rotatable bonds is 2. The van der Waals surface area contributed by atoms with Gasteiger partial charge in [-0.05, 0) is 37.5 Å². The molecule has 1 aliphatic heterocycles. The Kier molecular flexibility index (Phi) is 6.30. The van der Waals surface area contributed by atoms with Crippen LogP contribution in [0.1, 0.15) is 30.3 Å². The van der Waals surface area contributed by atoms with Gasteiger partial charge in [-0.1, -0.05) is 17.7 Å². The van der Waals surface area contributed by atoms with Gasteiger partial charge in [-0.2, -0.15) is 13.2 Å². The number of benzene rings is 1. The molecule has 0 spiro atoms. The Morgan fingerprint density at radius 3 is 2.59 bits per heavy atom. The number of imidazole rings is 1. The van der Waals surface area contributed by atoms with Crippen molar-refractivity contribution < 1.29 is 32.3 Å². The number of H-pyrrole nitrogens is 1. The number of aryl methyl sites for hydroxylation is 1. The van der Waals surface area contributed by atoms with Gasteiger partial charge in [-0.15, -0.1) is 0 Å². The zero-order valence-electron chi connectivity index (χ0n) is 14.1. The van der Waals surface area contributed by atoms with Crippen molar-refractivity contribution in [2.75, 3.05) is 6.54 Å². The molecule has 6 nitrogen and oxygen atoms in total. The molecule has 1 saturated heterocycles. The molecule has 1 aromatic carbocycles. The Morgan fingerprint density at radius 2 is 2.04 bits per heavy atom. The predicted molar refractivity (Wildman–Crippen MR) is 89.0 cm³/mol. The van der Waals surface area contributed by atoms with E-state index in [0.717, 1.165) is 29.4 Å². The molecule has 1 aromatic heterocycles. The summed E-state index contributed by atoms with van der Waals surface area (Å²) in [7, 11) is 0. The van der Waals surface area contributed by atoms with E-state index < -0.39 is 23.7 Å². The summed E-state index contributed by atoms with van der Waals surface area (Å²) in [5.74, 6) is -2.73. The van der Waals surface area contributed by atoms with E-state index in [4.69, 9.17) is 21.5 Å². The van der Waals surface area contributed by atoms with Crippen molar-refractivity contribution in [3.05, 3.63) is 29.6 Å². The van der Waals surface area contributed by atoms with Crippen molar-refractivity contribution in [3.8, 4) is 0 Å². The van der Waals surface area contributed by atoms with Crippen LogP contribution in [0.4, 0.5) is 17.6 Å². The summed E-state index contributed by atoms with van der Waals surface area (Å²) >= 11 is 5.27. The summed E-state index contributed by atoms with van der Waals surface area (Å²) in [4.78, 5) is 29.9. The van der Waals surface area contributed by atoms with Crippen LogP contribution in [0, 0.1) is 6.92 Å². The molecule has 0 aliphatic carbocycles. The summed E-state index contributed by atoms with van der Waals surface area (Å²) in [6.07, 6.45) is -3.48. The van der Waals surface area contributed by atoms with Crippen LogP contribution in [0.3, 0.4) is 0 Å². The Labute approximate surface area is 156 Å². The number of aliphatic carboxylic acids is 1. The second-order valence-corrected chi connectivity index (χ2v) is 6.32. The lowest BCUT2D eigenvalue weighted by molar-refractivity contribution is -0.192. The number of carboxylic acids is 1. The number of carboxylic acid groups (broad SMARTS) is 1. The van der Waals surface area contributed by atoms with E-state index >= 15 is 0 Å². The molecule has 2 atom stereocenters. The molecule has 1 aliphatic rings. The Balaban J connectivity index is 0.000000321. The number of nitrogens with one attached hydrogen (secondary N) is 1. The Morgan fingerprint density at radius 1 is 1.41 bits per heavy atom. The average Bonchev–Trinajstić information content (AvgIpc) is 3.19. The van der Waals surface area contributed by atoms with Gasteiger partial charge >= 0.3 is 12.1 Å². The minimum atomic E-state index is -5.08. The maximum absolute atomic E-state index is 13.0. The van der Waals surface area contributed by atoms with Gasteiger partial charge in [-0.3, -0.25) is 4.79 Å². The Bertz CT molecular complexity index is 838. The van der Waals surface area contributed by atoms with Gasteiger partial charge in [0.05, 0.1) is 17.1 Å². The number of aromatic nitrogens is 2. The molecule has 148 valence electrons. The van der Waals surface area contributed by atoms with Gasteiger partial charge in [0.1, 0.15) is 5.82 Å². The number of fused-ring (bicyclic) bond motifs is 1. The molecule has 27 heavy (non-hydrogen) atoms. The topological polar surface area (TPSA) is 86.3 Å². The lowest BCUT2D eigenvalue weighted by atomic mass is 10.2. The number of amides is 1. The van der Waals surface area contributed by atoms with E-state index in [1.807, 2.05) is 25.1 Å². The highest BCUT2D eigenvalue weighted by molar-refractivity contribution is 6.29. The van der Waals surface area contributed by atoms with Crippen molar-refractivity contribution in [1.29, 1.82) is 0 Å². The third kappa shape index (κ3) is 5.09. The monoisotopic (exact) mass is 409 g/mol. The number of carbonyl (C=O) groups is 2. The molecule has 0 radical (unpaired) electrons. The van der Waals surface area contributed by atoms with Gasteiger partial charge in [0, 0.05) is 6.54 Å². The molecule has 2 unspecified atom stereocenters. The van der Waals surface area contributed by atoms with Crippen LogP contribution in [-0.4, -0.2) is 50.2 Å². The van der Waals surface area contributed by atoms with Crippen LogP contribution in [0.15, 0.2) is 18.2 Å². The highest BCUT2D eigenvalue weighted by Gasteiger charge is 2.38. The lowest BCUT2D eigenvalue weighted by Crippen LogP contribution is -2.35. The minimum absolute atomic E-state index is 0.216. The number of hydrogen-bond acceptors (Lipinski definition) is 3. The maximum atomic E-state index is 13.0. The quantitative estimate of drug-likeness (QED) is 0.585. The summed E-state index contributed by atoms with van der Waals surface area (Å²) in [6, 6.07) is 5.71. The van der Waals surface area contributed by atoms with E-state index in [1.165, 1.54) is 4.90 Å². The molecule has 2 N–H and O–H groups in total.